The zero-order valence-corrected chi connectivity index (χ0v) is 19.8. The van der Waals surface area contributed by atoms with E-state index >= 15 is 0 Å². The Bertz CT molecular complexity index is 399. The monoisotopic (exact) mass is 449 g/mol. The van der Waals surface area contributed by atoms with E-state index in [-0.39, 0.29) is 0 Å². The van der Waals surface area contributed by atoms with Crippen molar-refractivity contribution in [3.05, 3.63) is 0 Å². The zero-order valence-electron chi connectivity index (χ0n) is 18.2. The van der Waals surface area contributed by atoms with Crippen molar-refractivity contribution in [3.63, 3.8) is 0 Å². The molecule has 0 atom stereocenters. The van der Waals surface area contributed by atoms with Crippen molar-refractivity contribution >= 4 is 28.1 Å². The molecule has 0 heterocycles. The molecule has 0 unspecified atom stereocenters. The smallest absolute Gasteiger partial charge is 0.419 e. The van der Waals surface area contributed by atoms with Gasteiger partial charge in [0.2, 0.25) is 0 Å². The summed E-state index contributed by atoms with van der Waals surface area (Å²) in [5.41, 5.74) is -1.29. The molecule has 6 heteroatoms. The van der Waals surface area contributed by atoms with Crippen molar-refractivity contribution in [2.75, 3.05) is 11.9 Å². The molecule has 0 N–H and O–H groups in total. The zero-order chi connectivity index (χ0) is 20.9. The summed E-state index contributed by atoms with van der Waals surface area (Å²) in [7, 11) is 0. The first kappa shape index (κ1) is 26.2. The van der Waals surface area contributed by atoms with Crippen LogP contribution in [0, 0.1) is 0 Å². The van der Waals surface area contributed by atoms with Gasteiger partial charge < -0.3 is 9.47 Å². The van der Waals surface area contributed by atoms with Crippen LogP contribution in [0.4, 0.5) is 9.59 Å². The molecule has 0 aliphatic rings. The van der Waals surface area contributed by atoms with Crippen molar-refractivity contribution in [1.82, 2.24) is 4.90 Å². The van der Waals surface area contributed by atoms with Crippen molar-refractivity contribution in [1.29, 1.82) is 0 Å². The van der Waals surface area contributed by atoms with Crippen LogP contribution in [-0.4, -0.2) is 40.2 Å². The van der Waals surface area contributed by atoms with E-state index in [0.29, 0.717) is 6.54 Å². The third-order valence-corrected chi connectivity index (χ3v) is 4.30. The lowest BCUT2D eigenvalue weighted by Gasteiger charge is -2.28. The molecule has 2 amide bonds. The Labute approximate surface area is 174 Å². The largest absolute Gasteiger partial charge is 0.443 e. The van der Waals surface area contributed by atoms with E-state index < -0.39 is 23.4 Å². The summed E-state index contributed by atoms with van der Waals surface area (Å²) in [5, 5.41) is 1.10. The van der Waals surface area contributed by atoms with Gasteiger partial charge in [-0.05, 0) is 54.4 Å². The highest BCUT2D eigenvalue weighted by Crippen LogP contribution is 2.16. The van der Waals surface area contributed by atoms with Crippen molar-refractivity contribution in [3.8, 4) is 0 Å². The summed E-state index contributed by atoms with van der Waals surface area (Å²) in [4.78, 5) is 25.8. The SMILES string of the molecule is CC(C)(C)OC(=O)N(CCCCCCCCCCCBr)C(=O)OC(C)(C)C. The van der Waals surface area contributed by atoms with Gasteiger partial charge in [-0.25, -0.2) is 14.5 Å². The number of imide groups is 1. The summed E-state index contributed by atoms with van der Waals surface area (Å²) >= 11 is 3.45. The first-order chi connectivity index (χ1) is 12.5. The molecule has 0 spiro atoms. The topological polar surface area (TPSA) is 55.8 Å². The van der Waals surface area contributed by atoms with Gasteiger partial charge in [-0.15, -0.1) is 0 Å². The molecule has 27 heavy (non-hydrogen) atoms. The molecular formula is C21H40BrNO4. The first-order valence-corrected chi connectivity index (χ1v) is 11.4. The van der Waals surface area contributed by atoms with Gasteiger partial charge in [0.15, 0.2) is 0 Å². The fourth-order valence-electron chi connectivity index (χ4n) is 2.49. The molecule has 0 bridgehead atoms. The van der Waals surface area contributed by atoms with Gasteiger partial charge in [-0.3, -0.25) is 0 Å². The minimum atomic E-state index is -0.647. The van der Waals surface area contributed by atoms with Crippen LogP contribution in [0.3, 0.4) is 0 Å². The number of carbonyl (C=O) groups is 2. The molecule has 0 aromatic carbocycles. The normalized spacial score (nSPS) is 12.0. The van der Waals surface area contributed by atoms with Crippen molar-refractivity contribution in [2.45, 2.75) is 111 Å². The number of halogens is 1. The number of hydrogen-bond donors (Lipinski definition) is 0. The average Bonchev–Trinajstić information content (AvgIpc) is 2.49. The second-order valence-corrected chi connectivity index (χ2v) is 9.78. The molecule has 0 aliphatic carbocycles. The fourth-order valence-corrected chi connectivity index (χ4v) is 2.89. The number of nitrogens with zero attached hydrogens (tertiary/aromatic N) is 1. The number of rotatable bonds is 11. The molecule has 0 aromatic heterocycles. The van der Waals surface area contributed by atoms with E-state index in [1.165, 1.54) is 38.5 Å². The quantitative estimate of drug-likeness (QED) is 0.250. The van der Waals surface area contributed by atoms with E-state index in [9.17, 15) is 9.59 Å². The molecule has 0 saturated heterocycles. The van der Waals surface area contributed by atoms with E-state index in [2.05, 4.69) is 15.9 Å². The van der Waals surface area contributed by atoms with Crippen LogP contribution >= 0.6 is 15.9 Å². The summed E-state index contributed by atoms with van der Waals surface area (Å²) < 4.78 is 10.7. The first-order valence-electron chi connectivity index (χ1n) is 10.3. The number of amides is 2. The molecule has 0 aromatic rings. The number of carbonyl (C=O) groups excluding carboxylic acids is 2. The van der Waals surface area contributed by atoms with Crippen molar-refractivity contribution in [2.24, 2.45) is 0 Å². The number of ether oxygens (including phenoxy) is 2. The lowest BCUT2D eigenvalue weighted by molar-refractivity contribution is 0.00118. The van der Waals surface area contributed by atoms with Gasteiger partial charge in [-0.1, -0.05) is 60.9 Å². The fraction of sp³-hybridized carbons (Fsp3) is 0.905. The maximum atomic E-state index is 12.4. The Hall–Kier alpha value is -0.780. The molecule has 0 aliphatic heterocycles. The van der Waals surface area contributed by atoms with Crippen LogP contribution in [0.15, 0.2) is 0 Å². The van der Waals surface area contributed by atoms with E-state index in [0.717, 1.165) is 29.5 Å². The molecule has 160 valence electrons. The van der Waals surface area contributed by atoms with Gasteiger partial charge in [0.1, 0.15) is 11.2 Å². The summed E-state index contributed by atoms with van der Waals surface area (Å²) in [5.74, 6) is 0. The maximum Gasteiger partial charge on any atom is 0.419 e. The maximum absolute atomic E-state index is 12.4. The van der Waals surface area contributed by atoms with Gasteiger partial charge in [-0.2, -0.15) is 0 Å². The minimum Gasteiger partial charge on any atom is -0.443 e. The lowest BCUT2D eigenvalue weighted by atomic mass is 10.1. The molecule has 0 fully saturated rings. The number of unbranched alkanes of at least 4 members (excludes halogenated alkanes) is 8. The van der Waals surface area contributed by atoms with Crippen LogP contribution in [0.5, 0.6) is 0 Å². The second kappa shape index (κ2) is 13.4. The van der Waals surface area contributed by atoms with Crippen molar-refractivity contribution < 1.29 is 19.1 Å². The van der Waals surface area contributed by atoms with E-state index in [4.69, 9.17) is 9.47 Å². The standard InChI is InChI=1S/C21H40BrNO4/c1-20(2,3)26-18(24)23(19(25)27-21(4,5)6)17-15-13-11-9-7-8-10-12-14-16-22/h7-17H2,1-6H3. The second-order valence-electron chi connectivity index (χ2n) is 8.98. The lowest BCUT2D eigenvalue weighted by Crippen LogP contribution is -2.44. The predicted octanol–water partition coefficient (Wildman–Crippen LogP) is 7.06. The Morgan fingerprint density at radius 3 is 1.33 bits per heavy atom. The van der Waals surface area contributed by atoms with Crippen LogP contribution in [0.1, 0.15) is 99.3 Å². The Morgan fingerprint density at radius 1 is 0.667 bits per heavy atom. The van der Waals surface area contributed by atoms with Crippen LogP contribution < -0.4 is 0 Å². The molecule has 5 nitrogen and oxygen atoms in total. The third kappa shape index (κ3) is 15.9. The molecule has 0 radical (unpaired) electrons. The van der Waals surface area contributed by atoms with Gasteiger partial charge in [0.25, 0.3) is 0 Å². The molecule has 0 saturated carbocycles. The highest BCUT2D eigenvalue weighted by atomic mass is 79.9. The summed E-state index contributed by atoms with van der Waals surface area (Å²) in [6.45, 7) is 11.1. The third-order valence-electron chi connectivity index (χ3n) is 3.74. The van der Waals surface area contributed by atoms with Crippen LogP contribution in [0.2, 0.25) is 0 Å². The van der Waals surface area contributed by atoms with Gasteiger partial charge >= 0.3 is 12.2 Å². The van der Waals surface area contributed by atoms with E-state index in [1.54, 1.807) is 41.5 Å². The highest BCUT2D eigenvalue weighted by Gasteiger charge is 2.30. The highest BCUT2D eigenvalue weighted by molar-refractivity contribution is 9.09. The molecule has 0 rings (SSSR count). The summed E-state index contributed by atoms with van der Waals surface area (Å²) in [6.07, 6.45) is 9.20. The van der Waals surface area contributed by atoms with Crippen LogP contribution in [-0.2, 0) is 9.47 Å². The van der Waals surface area contributed by atoms with Gasteiger partial charge in [0.05, 0.1) is 0 Å². The Kier molecular flexibility index (Phi) is 13.0. The average molecular weight is 450 g/mol. The summed E-state index contributed by atoms with van der Waals surface area (Å²) in [6, 6.07) is 0. The minimum absolute atomic E-state index is 0.328. The predicted molar refractivity (Wildman–Crippen MR) is 115 cm³/mol. The Balaban J connectivity index is 4.29. The van der Waals surface area contributed by atoms with E-state index in [1.807, 2.05) is 0 Å². The Morgan fingerprint density at radius 2 is 1.00 bits per heavy atom. The van der Waals surface area contributed by atoms with Crippen LogP contribution in [0.25, 0.3) is 0 Å². The molecular weight excluding hydrogens is 410 g/mol. The van der Waals surface area contributed by atoms with Gasteiger partial charge in [0, 0.05) is 11.9 Å². The number of hydrogen-bond acceptors (Lipinski definition) is 4. The number of alkyl halides is 1.